The summed E-state index contributed by atoms with van der Waals surface area (Å²) in [6.45, 7) is 0. The van der Waals surface area contributed by atoms with Crippen LogP contribution in [0.3, 0.4) is 0 Å². The summed E-state index contributed by atoms with van der Waals surface area (Å²) < 4.78 is 0. The van der Waals surface area contributed by atoms with Crippen LogP contribution in [0.15, 0.2) is 60.7 Å². The average molecular weight is 257 g/mol. The molecule has 3 N–H and O–H groups in total. The third kappa shape index (κ3) is 3.33. The highest BCUT2D eigenvalue weighted by molar-refractivity contribution is 5.78. The molecule has 0 amide bonds. The van der Waals surface area contributed by atoms with Crippen LogP contribution < -0.4 is 5.32 Å². The number of anilines is 1. The molecule has 0 aliphatic rings. The van der Waals surface area contributed by atoms with Crippen molar-refractivity contribution >= 4 is 11.7 Å². The quantitative estimate of drug-likeness (QED) is 0.768. The van der Waals surface area contributed by atoms with E-state index in [1.54, 1.807) is 48.5 Å². The van der Waals surface area contributed by atoms with E-state index in [1.807, 2.05) is 12.1 Å². The second kappa shape index (κ2) is 6.02. The molecule has 0 aliphatic carbocycles. The van der Waals surface area contributed by atoms with Crippen molar-refractivity contribution in [2.75, 3.05) is 5.32 Å². The molecular weight excluding hydrogens is 242 g/mol. The summed E-state index contributed by atoms with van der Waals surface area (Å²) in [5.41, 5.74) is 1.23. The first-order valence-electron chi connectivity index (χ1n) is 5.96. The highest BCUT2D eigenvalue weighted by Crippen LogP contribution is 2.20. The van der Waals surface area contributed by atoms with Crippen molar-refractivity contribution < 1.29 is 15.0 Å². The van der Waals surface area contributed by atoms with E-state index in [4.69, 9.17) is 0 Å². The molecule has 98 valence electrons. The van der Waals surface area contributed by atoms with E-state index in [9.17, 15) is 15.0 Å². The monoisotopic (exact) mass is 257 g/mol. The Morgan fingerprint density at radius 2 is 1.47 bits per heavy atom. The lowest BCUT2D eigenvalue weighted by Gasteiger charge is -2.21. The van der Waals surface area contributed by atoms with E-state index in [0.29, 0.717) is 11.3 Å². The van der Waals surface area contributed by atoms with Crippen molar-refractivity contribution in [3.8, 4) is 0 Å². The van der Waals surface area contributed by atoms with Gasteiger partial charge in [0.2, 0.25) is 0 Å². The van der Waals surface area contributed by atoms with Crippen LogP contribution >= 0.6 is 0 Å². The maximum absolute atomic E-state index is 11.3. The SMILES string of the molecule is O=C(O)C(Nc1ccccc1)C(O)c1ccccc1. The van der Waals surface area contributed by atoms with Gasteiger partial charge in [-0.1, -0.05) is 48.5 Å². The molecule has 2 aromatic rings. The van der Waals surface area contributed by atoms with Gasteiger partial charge in [0.15, 0.2) is 6.04 Å². The summed E-state index contributed by atoms with van der Waals surface area (Å²) in [7, 11) is 0. The van der Waals surface area contributed by atoms with Gasteiger partial charge in [0.1, 0.15) is 6.10 Å². The second-order valence-corrected chi connectivity index (χ2v) is 4.18. The van der Waals surface area contributed by atoms with Crippen LogP contribution in [0.1, 0.15) is 11.7 Å². The maximum atomic E-state index is 11.3. The average Bonchev–Trinajstić information content (AvgIpc) is 2.46. The Bertz CT molecular complexity index is 528. The van der Waals surface area contributed by atoms with Gasteiger partial charge < -0.3 is 15.5 Å². The zero-order valence-corrected chi connectivity index (χ0v) is 10.2. The van der Waals surface area contributed by atoms with Gasteiger partial charge >= 0.3 is 5.97 Å². The number of carboxylic acid groups (broad SMARTS) is 1. The van der Waals surface area contributed by atoms with Crippen molar-refractivity contribution in [2.24, 2.45) is 0 Å². The minimum absolute atomic E-state index is 0.568. The molecule has 4 heteroatoms. The summed E-state index contributed by atoms with van der Waals surface area (Å²) in [6.07, 6.45) is -1.11. The largest absolute Gasteiger partial charge is 0.480 e. The van der Waals surface area contributed by atoms with Crippen molar-refractivity contribution in [1.82, 2.24) is 0 Å². The van der Waals surface area contributed by atoms with Gasteiger partial charge in [0.25, 0.3) is 0 Å². The molecule has 0 saturated heterocycles. The van der Waals surface area contributed by atoms with E-state index >= 15 is 0 Å². The first-order chi connectivity index (χ1) is 9.18. The molecule has 19 heavy (non-hydrogen) atoms. The fraction of sp³-hybridized carbons (Fsp3) is 0.133. The molecule has 2 atom stereocenters. The Kier molecular flexibility index (Phi) is 4.15. The van der Waals surface area contributed by atoms with E-state index in [2.05, 4.69) is 5.32 Å². The number of rotatable bonds is 5. The molecule has 0 aliphatic heterocycles. The number of para-hydroxylation sites is 1. The number of nitrogens with one attached hydrogen (secondary N) is 1. The summed E-state index contributed by atoms with van der Waals surface area (Å²) >= 11 is 0. The highest BCUT2D eigenvalue weighted by atomic mass is 16.4. The standard InChI is InChI=1S/C15H15NO3/c17-14(11-7-3-1-4-8-11)13(15(18)19)16-12-9-5-2-6-10-12/h1-10,13-14,16-17H,(H,18,19). The molecule has 0 fully saturated rings. The van der Waals surface area contributed by atoms with Gasteiger partial charge in [-0.15, -0.1) is 0 Å². The minimum atomic E-state index is -1.11. The number of aliphatic hydroxyl groups is 1. The molecule has 0 spiro atoms. The molecule has 4 nitrogen and oxygen atoms in total. The normalized spacial score (nSPS) is 13.5. The van der Waals surface area contributed by atoms with E-state index in [-0.39, 0.29) is 0 Å². The predicted octanol–water partition coefficient (Wildman–Crippen LogP) is 2.29. The summed E-state index contributed by atoms with van der Waals surface area (Å²) in [4.78, 5) is 11.3. The Balaban J connectivity index is 2.19. The van der Waals surface area contributed by atoms with Crippen LogP contribution in [-0.4, -0.2) is 22.2 Å². The van der Waals surface area contributed by atoms with E-state index in [0.717, 1.165) is 0 Å². The molecule has 2 aromatic carbocycles. The third-order valence-electron chi connectivity index (χ3n) is 2.82. The van der Waals surface area contributed by atoms with Crippen LogP contribution in [0.2, 0.25) is 0 Å². The van der Waals surface area contributed by atoms with Crippen LogP contribution in [0.4, 0.5) is 5.69 Å². The number of aliphatic carboxylic acids is 1. The van der Waals surface area contributed by atoms with Crippen LogP contribution in [0.5, 0.6) is 0 Å². The predicted molar refractivity (Wildman–Crippen MR) is 72.9 cm³/mol. The second-order valence-electron chi connectivity index (χ2n) is 4.18. The molecule has 0 saturated carbocycles. The number of aliphatic hydroxyl groups excluding tert-OH is 1. The lowest BCUT2D eigenvalue weighted by atomic mass is 10.0. The van der Waals surface area contributed by atoms with Crippen LogP contribution in [0.25, 0.3) is 0 Å². The Morgan fingerprint density at radius 3 is 2.00 bits per heavy atom. The molecule has 0 heterocycles. The molecule has 0 bridgehead atoms. The van der Waals surface area contributed by atoms with Crippen molar-refractivity contribution in [1.29, 1.82) is 0 Å². The van der Waals surface area contributed by atoms with Crippen LogP contribution in [0, 0.1) is 0 Å². The number of carboxylic acids is 1. The number of hydrogen-bond acceptors (Lipinski definition) is 3. The van der Waals surface area contributed by atoms with Gasteiger partial charge in [-0.3, -0.25) is 0 Å². The van der Waals surface area contributed by atoms with Gasteiger partial charge in [-0.25, -0.2) is 4.79 Å². The summed E-state index contributed by atoms with van der Waals surface area (Å²) in [5.74, 6) is -1.10. The number of carbonyl (C=O) groups is 1. The first kappa shape index (κ1) is 13.1. The fourth-order valence-corrected chi connectivity index (χ4v) is 1.83. The smallest absolute Gasteiger partial charge is 0.329 e. The van der Waals surface area contributed by atoms with Crippen molar-refractivity contribution in [3.63, 3.8) is 0 Å². The maximum Gasteiger partial charge on any atom is 0.329 e. The zero-order chi connectivity index (χ0) is 13.7. The Morgan fingerprint density at radius 1 is 0.947 bits per heavy atom. The molecule has 0 radical (unpaired) electrons. The lowest BCUT2D eigenvalue weighted by Crippen LogP contribution is -2.35. The van der Waals surface area contributed by atoms with E-state index < -0.39 is 18.1 Å². The molecule has 2 unspecified atom stereocenters. The number of benzene rings is 2. The minimum Gasteiger partial charge on any atom is -0.480 e. The summed E-state index contributed by atoms with van der Waals surface area (Å²) in [5, 5.41) is 22.2. The molecular formula is C15H15NO3. The molecule has 0 aromatic heterocycles. The Labute approximate surface area is 111 Å². The first-order valence-corrected chi connectivity index (χ1v) is 5.96. The Hall–Kier alpha value is -2.33. The van der Waals surface area contributed by atoms with Crippen molar-refractivity contribution in [2.45, 2.75) is 12.1 Å². The van der Waals surface area contributed by atoms with Gasteiger partial charge in [0.05, 0.1) is 0 Å². The fourth-order valence-electron chi connectivity index (χ4n) is 1.83. The van der Waals surface area contributed by atoms with Gasteiger partial charge in [0, 0.05) is 5.69 Å². The highest BCUT2D eigenvalue weighted by Gasteiger charge is 2.27. The van der Waals surface area contributed by atoms with Crippen LogP contribution in [-0.2, 0) is 4.79 Å². The number of hydrogen-bond donors (Lipinski definition) is 3. The van der Waals surface area contributed by atoms with E-state index in [1.165, 1.54) is 0 Å². The van der Waals surface area contributed by atoms with Crippen molar-refractivity contribution in [3.05, 3.63) is 66.2 Å². The topological polar surface area (TPSA) is 69.6 Å². The zero-order valence-electron chi connectivity index (χ0n) is 10.2. The van der Waals surface area contributed by atoms with Gasteiger partial charge in [-0.05, 0) is 17.7 Å². The van der Waals surface area contributed by atoms with Gasteiger partial charge in [-0.2, -0.15) is 0 Å². The lowest BCUT2D eigenvalue weighted by molar-refractivity contribution is -0.140. The molecule has 2 rings (SSSR count). The third-order valence-corrected chi connectivity index (χ3v) is 2.82. The summed E-state index contributed by atoms with van der Waals surface area (Å²) in [6, 6.07) is 16.6.